The van der Waals surface area contributed by atoms with Gasteiger partial charge in [0, 0.05) is 18.7 Å². The van der Waals surface area contributed by atoms with Crippen molar-refractivity contribution in [1.82, 2.24) is 26.0 Å². The Bertz CT molecular complexity index is 595. The Labute approximate surface area is 123 Å². The minimum absolute atomic E-state index is 0.0808. The Kier molecular flexibility index (Phi) is 4.25. The van der Waals surface area contributed by atoms with Crippen LogP contribution in [0.1, 0.15) is 25.0 Å². The fourth-order valence-electron chi connectivity index (χ4n) is 2.56. The number of aromatic nitrogens is 3. The van der Waals surface area contributed by atoms with Crippen LogP contribution in [0.4, 0.5) is 0 Å². The van der Waals surface area contributed by atoms with Gasteiger partial charge in [-0.15, -0.1) is 0 Å². The fourth-order valence-corrected chi connectivity index (χ4v) is 2.56. The molecule has 1 aliphatic rings. The first kappa shape index (κ1) is 13.8. The predicted molar refractivity (Wildman–Crippen MR) is 79.3 cm³/mol. The van der Waals surface area contributed by atoms with E-state index >= 15 is 0 Å². The lowest BCUT2D eigenvalue weighted by atomic mass is 10.1. The van der Waals surface area contributed by atoms with Gasteiger partial charge in [-0.25, -0.2) is 0 Å². The monoisotopic (exact) mass is 285 g/mol. The third-order valence-electron chi connectivity index (χ3n) is 3.72. The van der Waals surface area contributed by atoms with Gasteiger partial charge in [-0.1, -0.05) is 30.3 Å². The highest BCUT2D eigenvalue weighted by Crippen LogP contribution is 2.19. The van der Waals surface area contributed by atoms with Crippen LogP contribution in [-0.2, 0) is 11.3 Å². The van der Waals surface area contributed by atoms with Crippen LogP contribution < -0.4 is 10.6 Å². The highest BCUT2D eigenvalue weighted by Gasteiger charge is 2.21. The number of amides is 1. The molecule has 6 nitrogen and oxygen atoms in total. The maximum absolute atomic E-state index is 11.9. The van der Waals surface area contributed by atoms with Crippen LogP contribution in [0.2, 0.25) is 0 Å². The Hall–Kier alpha value is -2.21. The van der Waals surface area contributed by atoms with Crippen LogP contribution in [0.25, 0.3) is 11.3 Å². The number of nitrogens with zero attached hydrogens (tertiary/aromatic N) is 2. The second kappa shape index (κ2) is 6.49. The average molecular weight is 285 g/mol. The highest BCUT2D eigenvalue weighted by molar-refractivity contribution is 5.81. The SMILES string of the molecule is O=C1NCCCCC1NCc1n[nH]nc1-c1ccccc1. The van der Waals surface area contributed by atoms with Gasteiger partial charge in [-0.05, 0) is 19.3 Å². The molecule has 1 amide bonds. The van der Waals surface area contributed by atoms with Crippen LogP contribution in [0.3, 0.4) is 0 Å². The molecule has 21 heavy (non-hydrogen) atoms. The van der Waals surface area contributed by atoms with Crippen molar-refractivity contribution in [3.05, 3.63) is 36.0 Å². The summed E-state index contributed by atoms with van der Waals surface area (Å²) in [5.74, 6) is 0.0808. The lowest BCUT2D eigenvalue weighted by Gasteiger charge is -2.14. The summed E-state index contributed by atoms with van der Waals surface area (Å²) in [5.41, 5.74) is 2.68. The van der Waals surface area contributed by atoms with Crippen molar-refractivity contribution in [2.75, 3.05) is 6.54 Å². The second-order valence-electron chi connectivity index (χ2n) is 5.21. The van der Waals surface area contributed by atoms with Gasteiger partial charge in [-0.3, -0.25) is 4.79 Å². The van der Waals surface area contributed by atoms with Crippen LogP contribution in [0.5, 0.6) is 0 Å². The Morgan fingerprint density at radius 3 is 2.90 bits per heavy atom. The molecule has 1 unspecified atom stereocenters. The summed E-state index contributed by atoms with van der Waals surface area (Å²) >= 11 is 0. The minimum Gasteiger partial charge on any atom is -0.355 e. The van der Waals surface area contributed by atoms with E-state index in [1.807, 2.05) is 30.3 Å². The van der Waals surface area contributed by atoms with Crippen LogP contribution in [-0.4, -0.2) is 33.9 Å². The lowest BCUT2D eigenvalue weighted by molar-refractivity contribution is -0.122. The molecule has 1 fully saturated rings. The molecule has 3 N–H and O–H groups in total. The number of aromatic amines is 1. The van der Waals surface area contributed by atoms with Crippen molar-refractivity contribution in [2.45, 2.75) is 31.8 Å². The molecule has 1 aromatic carbocycles. The Balaban J connectivity index is 1.69. The summed E-state index contributed by atoms with van der Waals surface area (Å²) in [6.45, 7) is 1.30. The second-order valence-corrected chi connectivity index (χ2v) is 5.21. The van der Waals surface area contributed by atoms with Crippen LogP contribution >= 0.6 is 0 Å². The molecule has 1 atom stereocenters. The summed E-state index contributed by atoms with van der Waals surface area (Å²) in [4.78, 5) is 11.9. The molecule has 2 heterocycles. The zero-order chi connectivity index (χ0) is 14.5. The van der Waals surface area contributed by atoms with E-state index in [2.05, 4.69) is 26.0 Å². The molecule has 3 rings (SSSR count). The standard InChI is InChI=1S/C15H19N5O/c21-15-12(8-4-5-9-16-15)17-10-13-14(19-20-18-13)11-6-2-1-3-7-11/h1-3,6-7,12,17H,4-5,8-10H2,(H,16,21)(H,18,19,20). The number of carbonyl (C=O) groups is 1. The van der Waals surface area contributed by atoms with Crippen molar-refractivity contribution >= 4 is 5.91 Å². The van der Waals surface area contributed by atoms with E-state index in [0.717, 1.165) is 42.8 Å². The lowest BCUT2D eigenvalue weighted by Crippen LogP contribution is -2.42. The normalized spacial score (nSPS) is 19.0. The summed E-state index contributed by atoms with van der Waals surface area (Å²) in [7, 11) is 0. The first-order chi connectivity index (χ1) is 10.3. The van der Waals surface area contributed by atoms with Crippen molar-refractivity contribution in [3.8, 4) is 11.3 Å². The van der Waals surface area contributed by atoms with Crippen molar-refractivity contribution in [3.63, 3.8) is 0 Å². The third-order valence-corrected chi connectivity index (χ3v) is 3.72. The van der Waals surface area contributed by atoms with E-state index in [-0.39, 0.29) is 11.9 Å². The van der Waals surface area contributed by atoms with Gasteiger partial charge in [0.1, 0.15) is 11.4 Å². The molecule has 2 aromatic rings. The molecule has 6 heteroatoms. The van der Waals surface area contributed by atoms with E-state index < -0.39 is 0 Å². The summed E-state index contributed by atoms with van der Waals surface area (Å²) < 4.78 is 0. The smallest absolute Gasteiger partial charge is 0.237 e. The number of hydrogen-bond donors (Lipinski definition) is 3. The van der Waals surface area contributed by atoms with Gasteiger partial charge < -0.3 is 10.6 Å². The molecular weight excluding hydrogens is 266 g/mol. The average Bonchev–Trinajstić information content (AvgIpc) is 2.89. The van der Waals surface area contributed by atoms with Gasteiger partial charge in [-0.2, -0.15) is 15.4 Å². The minimum atomic E-state index is -0.146. The number of hydrogen-bond acceptors (Lipinski definition) is 4. The topological polar surface area (TPSA) is 82.7 Å². The van der Waals surface area contributed by atoms with E-state index in [0.29, 0.717) is 6.54 Å². The maximum atomic E-state index is 11.9. The summed E-state index contributed by atoms with van der Waals surface area (Å²) in [5, 5.41) is 17.3. The molecule has 0 saturated carbocycles. The molecule has 0 aliphatic carbocycles. The molecule has 0 radical (unpaired) electrons. The highest BCUT2D eigenvalue weighted by atomic mass is 16.2. The van der Waals surface area contributed by atoms with Gasteiger partial charge in [0.2, 0.25) is 5.91 Å². The van der Waals surface area contributed by atoms with Gasteiger partial charge in [0.15, 0.2) is 0 Å². The third kappa shape index (κ3) is 3.28. The molecule has 1 aromatic heterocycles. The molecule has 1 saturated heterocycles. The fraction of sp³-hybridized carbons (Fsp3) is 0.400. The predicted octanol–water partition coefficient (Wildman–Crippen LogP) is 1.23. The summed E-state index contributed by atoms with van der Waals surface area (Å²) in [6.07, 6.45) is 2.97. The van der Waals surface area contributed by atoms with Gasteiger partial charge in [0.25, 0.3) is 0 Å². The largest absolute Gasteiger partial charge is 0.355 e. The quantitative estimate of drug-likeness (QED) is 0.789. The van der Waals surface area contributed by atoms with Crippen LogP contribution in [0.15, 0.2) is 30.3 Å². The van der Waals surface area contributed by atoms with E-state index in [1.54, 1.807) is 0 Å². The molecule has 0 spiro atoms. The first-order valence-corrected chi connectivity index (χ1v) is 7.31. The number of benzene rings is 1. The van der Waals surface area contributed by atoms with Crippen molar-refractivity contribution < 1.29 is 4.79 Å². The van der Waals surface area contributed by atoms with Gasteiger partial charge in [0.05, 0.1) is 6.04 Å². The molecule has 110 valence electrons. The van der Waals surface area contributed by atoms with E-state index in [4.69, 9.17) is 0 Å². The number of rotatable bonds is 4. The van der Waals surface area contributed by atoms with Crippen molar-refractivity contribution in [2.24, 2.45) is 0 Å². The zero-order valence-corrected chi connectivity index (χ0v) is 11.8. The first-order valence-electron chi connectivity index (χ1n) is 7.31. The maximum Gasteiger partial charge on any atom is 0.237 e. The molecular formula is C15H19N5O. The van der Waals surface area contributed by atoms with Crippen molar-refractivity contribution in [1.29, 1.82) is 0 Å². The van der Waals surface area contributed by atoms with Gasteiger partial charge >= 0.3 is 0 Å². The Morgan fingerprint density at radius 1 is 1.19 bits per heavy atom. The zero-order valence-electron chi connectivity index (χ0n) is 11.8. The van der Waals surface area contributed by atoms with Crippen LogP contribution in [0, 0.1) is 0 Å². The number of H-pyrrole nitrogens is 1. The van der Waals surface area contributed by atoms with E-state index in [1.165, 1.54) is 0 Å². The summed E-state index contributed by atoms with van der Waals surface area (Å²) in [6, 6.07) is 9.77. The molecule has 0 bridgehead atoms. The number of carbonyl (C=O) groups excluding carboxylic acids is 1. The number of nitrogens with one attached hydrogen (secondary N) is 3. The molecule has 1 aliphatic heterocycles. The van der Waals surface area contributed by atoms with E-state index in [9.17, 15) is 4.79 Å². The Morgan fingerprint density at radius 2 is 2.05 bits per heavy atom.